The third-order valence-electron chi connectivity index (χ3n) is 5.69. The third-order valence-corrected chi connectivity index (χ3v) is 5.69. The van der Waals surface area contributed by atoms with E-state index in [0.29, 0.717) is 18.1 Å². The number of nitrogens with one attached hydrogen (secondary N) is 1. The van der Waals surface area contributed by atoms with E-state index in [9.17, 15) is 31.1 Å². The van der Waals surface area contributed by atoms with Gasteiger partial charge in [-0.15, -0.1) is 0 Å². The summed E-state index contributed by atoms with van der Waals surface area (Å²) in [7, 11) is 0. The Hall–Kier alpha value is -3.49. The molecule has 1 aliphatic rings. The van der Waals surface area contributed by atoms with Crippen LogP contribution in [-0.2, 0) is 18.8 Å². The summed E-state index contributed by atoms with van der Waals surface area (Å²) in [4.78, 5) is 12.7. The van der Waals surface area contributed by atoms with Crippen molar-refractivity contribution in [3.8, 4) is 5.75 Å². The third kappa shape index (κ3) is 6.15. The summed E-state index contributed by atoms with van der Waals surface area (Å²) in [6.07, 6.45) is -7.63. The fraction of sp³-hybridized carbons (Fsp3) is 0.269. The number of ether oxygens (including phenoxy) is 1. The molecule has 184 valence electrons. The van der Waals surface area contributed by atoms with E-state index < -0.39 is 40.6 Å². The van der Waals surface area contributed by atoms with E-state index in [2.05, 4.69) is 5.32 Å². The highest BCUT2D eigenvalue weighted by molar-refractivity contribution is 6.06. The van der Waals surface area contributed by atoms with E-state index in [1.54, 1.807) is 0 Å². The van der Waals surface area contributed by atoms with Crippen LogP contribution in [0.4, 0.5) is 32.0 Å². The van der Waals surface area contributed by atoms with Crippen LogP contribution in [0.5, 0.6) is 5.75 Å². The quantitative estimate of drug-likeness (QED) is 0.347. The number of anilines is 1. The molecule has 0 heterocycles. The first-order valence-corrected chi connectivity index (χ1v) is 10.9. The predicted molar refractivity (Wildman–Crippen MR) is 118 cm³/mol. The van der Waals surface area contributed by atoms with Gasteiger partial charge in [0.25, 0.3) is 5.91 Å². The Kier molecular flexibility index (Phi) is 6.78. The summed E-state index contributed by atoms with van der Waals surface area (Å²) in [5.74, 6) is -1.30. The Morgan fingerprint density at radius 3 is 2.17 bits per heavy atom. The fourth-order valence-electron chi connectivity index (χ4n) is 3.75. The number of alkyl halides is 6. The molecular weight excluding hydrogens is 472 g/mol. The maximum absolute atomic E-state index is 13.7. The zero-order valence-corrected chi connectivity index (χ0v) is 18.3. The van der Waals surface area contributed by atoms with Crippen LogP contribution in [0.25, 0.3) is 0 Å². The SMILES string of the molecule is O=C(Nc1cc(C2CC2)ccc1C(F)(F)F)c1ccc(OCCc2ccccc2)cc1C(F)(F)F. The minimum absolute atomic E-state index is 0.0889. The molecule has 0 aromatic heterocycles. The number of rotatable bonds is 7. The number of halogens is 6. The molecule has 1 N–H and O–H groups in total. The molecule has 1 amide bonds. The van der Waals surface area contributed by atoms with Gasteiger partial charge in [0.2, 0.25) is 0 Å². The van der Waals surface area contributed by atoms with Crippen molar-refractivity contribution in [3.05, 3.63) is 94.5 Å². The molecule has 0 saturated heterocycles. The van der Waals surface area contributed by atoms with E-state index in [-0.39, 0.29) is 18.3 Å². The molecule has 0 spiro atoms. The van der Waals surface area contributed by atoms with Crippen molar-refractivity contribution < 1.29 is 35.9 Å². The van der Waals surface area contributed by atoms with Gasteiger partial charge in [0, 0.05) is 6.42 Å². The number of benzene rings is 3. The van der Waals surface area contributed by atoms with Gasteiger partial charge in [-0.3, -0.25) is 4.79 Å². The standard InChI is InChI=1S/C26H21F6NO2/c27-25(28,29)21-11-8-18(17-6-7-17)14-23(21)33-24(34)20-10-9-19(15-22(20)26(30,31)32)35-13-12-16-4-2-1-3-5-16/h1-5,8-11,14-15,17H,6-7,12-13H2,(H,33,34). The predicted octanol–water partition coefficient (Wildman–Crippen LogP) is 7.48. The average molecular weight is 493 g/mol. The summed E-state index contributed by atoms with van der Waals surface area (Å²) in [5, 5.41) is 2.05. The first-order chi connectivity index (χ1) is 16.5. The van der Waals surface area contributed by atoms with Crippen LogP contribution in [0.2, 0.25) is 0 Å². The molecule has 0 atom stereocenters. The van der Waals surface area contributed by atoms with E-state index in [0.717, 1.165) is 30.5 Å². The highest BCUT2D eigenvalue weighted by atomic mass is 19.4. The molecule has 3 aromatic rings. The van der Waals surface area contributed by atoms with Crippen molar-refractivity contribution in [2.75, 3.05) is 11.9 Å². The second kappa shape index (κ2) is 9.64. The smallest absolute Gasteiger partial charge is 0.418 e. The normalized spacial score (nSPS) is 14.0. The van der Waals surface area contributed by atoms with E-state index in [1.165, 1.54) is 18.2 Å². The molecule has 3 nitrogen and oxygen atoms in total. The highest BCUT2D eigenvalue weighted by Gasteiger charge is 2.38. The van der Waals surface area contributed by atoms with Crippen LogP contribution in [0, 0.1) is 0 Å². The zero-order valence-electron chi connectivity index (χ0n) is 18.3. The second-order valence-corrected chi connectivity index (χ2v) is 8.32. The van der Waals surface area contributed by atoms with E-state index in [1.807, 2.05) is 30.3 Å². The molecule has 3 aromatic carbocycles. The molecule has 0 radical (unpaired) electrons. The molecule has 0 aliphatic heterocycles. The van der Waals surface area contributed by atoms with Gasteiger partial charge in [0.05, 0.1) is 29.0 Å². The number of carbonyl (C=O) groups is 1. The lowest BCUT2D eigenvalue weighted by atomic mass is 10.0. The molecule has 1 saturated carbocycles. The maximum atomic E-state index is 13.7. The van der Waals surface area contributed by atoms with Crippen molar-refractivity contribution in [2.24, 2.45) is 0 Å². The molecule has 0 bridgehead atoms. The highest BCUT2D eigenvalue weighted by Crippen LogP contribution is 2.44. The van der Waals surface area contributed by atoms with Gasteiger partial charge < -0.3 is 10.1 Å². The Balaban J connectivity index is 1.57. The summed E-state index contributed by atoms with van der Waals surface area (Å²) in [6.45, 7) is 0.107. The molecule has 9 heteroatoms. The average Bonchev–Trinajstić information content (AvgIpc) is 3.64. The van der Waals surface area contributed by atoms with Gasteiger partial charge in [0.15, 0.2) is 0 Å². The fourth-order valence-corrected chi connectivity index (χ4v) is 3.75. The minimum Gasteiger partial charge on any atom is -0.493 e. The van der Waals surface area contributed by atoms with Gasteiger partial charge in [0.1, 0.15) is 5.75 Å². The van der Waals surface area contributed by atoms with Crippen molar-refractivity contribution in [3.63, 3.8) is 0 Å². The monoisotopic (exact) mass is 493 g/mol. The number of hydrogen-bond acceptors (Lipinski definition) is 2. The van der Waals surface area contributed by atoms with Gasteiger partial charge >= 0.3 is 12.4 Å². The summed E-state index contributed by atoms with van der Waals surface area (Å²) in [6, 6.07) is 15.4. The maximum Gasteiger partial charge on any atom is 0.418 e. The van der Waals surface area contributed by atoms with Crippen LogP contribution in [-0.4, -0.2) is 12.5 Å². The van der Waals surface area contributed by atoms with Crippen LogP contribution in [0.15, 0.2) is 66.7 Å². The van der Waals surface area contributed by atoms with Crippen molar-refractivity contribution in [1.82, 2.24) is 0 Å². The first-order valence-electron chi connectivity index (χ1n) is 10.9. The summed E-state index contributed by atoms with van der Waals surface area (Å²) in [5.41, 5.74) is -2.23. The minimum atomic E-state index is -4.92. The van der Waals surface area contributed by atoms with E-state index >= 15 is 0 Å². The lowest BCUT2D eigenvalue weighted by Crippen LogP contribution is -2.21. The molecule has 0 unspecified atom stereocenters. The Morgan fingerprint density at radius 2 is 1.54 bits per heavy atom. The van der Waals surface area contributed by atoms with Crippen molar-refractivity contribution in [1.29, 1.82) is 0 Å². The first kappa shape index (κ1) is 24.6. The van der Waals surface area contributed by atoms with E-state index in [4.69, 9.17) is 4.74 Å². The van der Waals surface area contributed by atoms with Crippen molar-refractivity contribution in [2.45, 2.75) is 37.5 Å². The summed E-state index contributed by atoms with van der Waals surface area (Å²) < 4.78 is 87.1. The number of carbonyl (C=O) groups excluding carboxylic acids is 1. The molecular formula is C26H21F6NO2. The molecule has 1 fully saturated rings. The largest absolute Gasteiger partial charge is 0.493 e. The van der Waals surface area contributed by atoms with Crippen molar-refractivity contribution >= 4 is 11.6 Å². The summed E-state index contributed by atoms with van der Waals surface area (Å²) >= 11 is 0. The van der Waals surface area contributed by atoms with Gasteiger partial charge in [-0.05, 0) is 60.2 Å². The number of amides is 1. The Labute approximate surface area is 197 Å². The number of hydrogen-bond donors (Lipinski definition) is 1. The zero-order chi connectivity index (χ0) is 25.2. The van der Waals surface area contributed by atoms with Gasteiger partial charge in [-0.1, -0.05) is 36.4 Å². The van der Waals surface area contributed by atoms with Crippen LogP contribution in [0.3, 0.4) is 0 Å². The van der Waals surface area contributed by atoms with Crippen LogP contribution in [0.1, 0.15) is 51.4 Å². The molecule has 1 aliphatic carbocycles. The van der Waals surface area contributed by atoms with Crippen LogP contribution >= 0.6 is 0 Å². The lowest BCUT2D eigenvalue weighted by molar-refractivity contribution is -0.138. The Morgan fingerprint density at radius 1 is 0.857 bits per heavy atom. The Bertz CT molecular complexity index is 1200. The van der Waals surface area contributed by atoms with Crippen LogP contribution < -0.4 is 10.1 Å². The topological polar surface area (TPSA) is 38.3 Å². The molecule has 35 heavy (non-hydrogen) atoms. The second-order valence-electron chi connectivity index (χ2n) is 8.32. The lowest BCUT2D eigenvalue weighted by Gasteiger charge is -2.18. The van der Waals surface area contributed by atoms with Gasteiger partial charge in [-0.25, -0.2) is 0 Å². The van der Waals surface area contributed by atoms with Gasteiger partial charge in [-0.2, -0.15) is 26.3 Å². The molecule has 4 rings (SSSR count).